The van der Waals surface area contributed by atoms with E-state index in [0.717, 1.165) is 14.3 Å². The lowest BCUT2D eigenvalue weighted by Crippen LogP contribution is -2.50. The van der Waals surface area contributed by atoms with Gasteiger partial charge in [0.05, 0.1) is 10.6 Å². The first kappa shape index (κ1) is 29.8. The fraction of sp³-hybridized carbons (Fsp3) is 0.161. The van der Waals surface area contributed by atoms with Crippen LogP contribution in [0.2, 0.25) is 0 Å². The van der Waals surface area contributed by atoms with E-state index < -0.39 is 28.5 Å². The third kappa shape index (κ3) is 7.53. The molecule has 0 spiro atoms. The van der Waals surface area contributed by atoms with Gasteiger partial charge in [0.25, 0.3) is 10.0 Å². The van der Waals surface area contributed by atoms with E-state index in [1.807, 2.05) is 54.6 Å². The zero-order chi connectivity index (χ0) is 29.4. The van der Waals surface area contributed by atoms with Crippen molar-refractivity contribution in [3.63, 3.8) is 0 Å². The molecule has 0 heterocycles. The number of hydrogen-bond acceptors (Lipinski definition) is 5. The first-order chi connectivity index (χ1) is 19.7. The average Bonchev–Trinajstić information content (AvgIpc) is 3.00. The van der Waals surface area contributed by atoms with Gasteiger partial charge in [-0.25, -0.2) is 8.42 Å². The van der Waals surface area contributed by atoms with E-state index in [0.29, 0.717) is 11.5 Å². The van der Waals surface area contributed by atoms with Crippen molar-refractivity contribution in [2.24, 2.45) is 0 Å². The number of benzene rings is 4. The normalized spacial score (nSPS) is 11.8. The Morgan fingerprint density at radius 1 is 0.829 bits per heavy atom. The molecule has 0 aromatic heterocycles. The largest absolute Gasteiger partial charge is 0.457 e. The van der Waals surface area contributed by atoms with Crippen LogP contribution in [0.3, 0.4) is 0 Å². The maximum absolute atomic E-state index is 13.9. The number of ether oxygens (including phenoxy) is 1. The van der Waals surface area contributed by atoms with E-state index in [-0.39, 0.29) is 23.0 Å². The molecule has 8 nitrogen and oxygen atoms in total. The predicted molar refractivity (Wildman–Crippen MR) is 162 cm³/mol. The summed E-state index contributed by atoms with van der Waals surface area (Å²) in [6.07, 6.45) is 0. The Morgan fingerprint density at radius 3 is 1.98 bits per heavy atom. The Labute approximate surface area is 248 Å². The van der Waals surface area contributed by atoms with E-state index in [4.69, 9.17) is 4.74 Å². The summed E-state index contributed by atoms with van der Waals surface area (Å²) in [5, 5.41) is 2.58. The van der Waals surface area contributed by atoms with Crippen molar-refractivity contribution in [3.05, 3.63) is 119 Å². The first-order valence-corrected chi connectivity index (χ1v) is 15.1. The van der Waals surface area contributed by atoms with Gasteiger partial charge in [-0.3, -0.25) is 13.9 Å². The highest BCUT2D eigenvalue weighted by atomic mass is 79.9. The van der Waals surface area contributed by atoms with Gasteiger partial charge >= 0.3 is 0 Å². The highest BCUT2D eigenvalue weighted by molar-refractivity contribution is 9.10. The van der Waals surface area contributed by atoms with Crippen LogP contribution in [0, 0.1) is 0 Å². The fourth-order valence-electron chi connectivity index (χ4n) is 4.13. The van der Waals surface area contributed by atoms with Crippen LogP contribution in [-0.4, -0.2) is 44.8 Å². The monoisotopic (exact) mass is 635 g/mol. The van der Waals surface area contributed by atoms with Gasteiger partial charge in [-0.1, -0.05) is 64.5 Å². The number of hydrogen-bond donors (Lipinski definition) is 1. The second-order valence-electron chi connectivity index (χ2n) is 9.17. The molecule has 0 saturated carbocycles. The summed E-state index contributed by atoms with van der Waals surface area (Å²) in [4.78, 5) is 27.9. The molecule has 212 valence electrons. The van der Waals surface area contributed by atoms with Crippen LogP contribution in [0.5, 0.6) is 11.5 Å². The van der Waals surface area contributed by atoms with E-state index in [9.17, 15) is 18.0 Å². The van der Waals surface area contributed by atoms with Crippen LogP contribution in [0.4, 0.5) is 5.69 Å². The maximum atomic E-state index is 13.9. The van der Waals surface area contributed by atoms with Crippen LogP contribution >= 0.6 is 15.9 Å². The number of para-hydroxylation sites is 1. The molecule has 4 rings (SSSR count). The smallest absolute Gasteiger partial charge is 0.264 e. The van der Waals surface area contributed by atoms with Crippen molar-refractivity contribution >= 4 is 43.5 Å². The van der Waals surface area contributed by atoms with Gasteiger partial charge in [0, 0.05) is 18.1 Å². The van der Waals surface area contributed by atoms with Gasteiger partial charge in [-0.2, -0.15) is 0 Å². The van der Waals surface area contributed by atoms with Crippen LogP contribution in [-0.2, 0) is 26.2 Å². The Morgan fingerprint density at radius 2 is 1.39 bits per heavy atom. The standard InChI is InChI=1S/C31H30BrN3O5S/c1-23(31(37)33-2)34(21-24-13-15-25(32)16-14-24)30(36)22-35(41(38,39)29-11-7-4-8-12-29)26-17-19-28(20-18-26)40-27-9-5-3-6-10-27/h3-20,23H,21-22H2,1-2H3,(H,33,37)/t23-/m0/s1. The van der Waals surface area contributed by atoms with Crippen LogP contribution < -0.4 is 14.4 Å². The van der Waals surface area contributed by atoms with Crippen LogP contribution in [0.25, 0.3) is 0 Å². The number of halogens is 1. The number of nitrogens with zero attached hydrogens (tertiary/aromatic N) is 2. The molecule has 4 aromatic carbocycles. The molecule has 10 heteroatoms. The van der Waals surface area contributed by atoms with Crippen molar-refractivity contribution in [1.29, 1.82) is 0 Å². The molecule has 0 aliphatic rings. The molecule has 4 aromatic rings. The summed E-state index contributed by atoms with van der Waals surface area (Å²) < 4.78 is 35.5. The number of nitrogens with one attached hydrogen (secondary N) is 1. The molecule has 0 unspecified atom stereocenters. The lowest BCUT2D eigenvalue weighted by Gasteiger charge is -2.31. The molecule has 0 aliphatic heterocycles. The highest BCUT2D eigenvalue weighted by Gasteiger charge is 2.32. The number of sulfonamides is 1. The Balaban J connectivity index is 1.68. The molecule has 1 N–H and O–H groups in total. The van der Waals surface area contributed by atoms with Gasteiger partial charge in [0.2, 0.25) is 11.8 Å². The molecular weight excluding hydrogens is 606 g/mol. The number of anilines is 1. The van der Waals surface area contributed by atoms with E-state index >= 15 is 0 Å². The van der Waals surface area contributed by atoms with E-state index in [1.54, 1.807) is 49.4 Å². The number of carbonyl (C=O) groups is 2. The van der Waals surface area contributed by atoms with E-state index in [1.165, 1.54) is 24.1 Å². The number of amides is 2. The summed E-state index contributed by atoms with van der Waals surface area (Å²) in [5.41, 5.74) is 1.07. The van der Waals surface area contributed by atoms with E-state index in [2.05, 4.69) is 21.2 Å². The lowest BCUT2D eigenvalue weighted by molar-refractivity contribution is -0.139. The third-order valence-corrected chi connectivity index (χ3v) is 8.71. The molecular formula is C31H30BrN3O5S. The molecule has 0 fully saturated rings. The Hall–Kier alpha value is -4.15. The minimum absolute atomic E-state index is 0.0382. The van der Waals surface area contributed by atoms with Crippen LogP contribution in [0.15, 0.2) is 119 Å². The third-order valence-electron chi connectivity index (χ3n) is 6.39. The molecule has 0 radical (unpaired) electrons. The van der Waals surface area contributed by atoms with Gasteiger partial charge in [0.1, 0.15) is 24.1 Å². The first-order valence-electron chi connectivity index (χ1n) is 12.9. The number of likely N-dealkylation sites (N-methyl/N-ethyl adjacent to an activating group) is 1. The summed E-state index contributed by atoms with van der Waals surface area (Å²) in [6.45, 7) is 1.21. The van der Waals surface area contributed by atoms with Gasteiger partial charge in [-0.05, 0) is 73.2 Å². The van der Waals surface area contributed by atoms with Crippen molar-refractivity contribution in [3.8, 4) is 11.5 Å². The topological polar surface area (TPSA) is 96.0 Å². The summed E-state index contributed by atoms with van der Waals surface area (Å²) in [5.74, 6) is 0.243. The Kier molecular flexibility index (Phi) is 9.80. The van der Waals surface area contributed by atoms with Crippen molar-refractivity contribution in [2.45, 2.75) is 24.4 Å². The maximum Gasteiger partial charge on any atom is 0.264 e. The van der Waals surface area contributed by atoms with Gasteiger partial charge in [-0.15, -0.1) is 0 Å². The zero-order valence-electron chi connectivity index (χ0n) is 22.6. The second-order valence-corrected chi connectivity index (χ2v) is 12.0. The lowest BCUT2D eigenvalue weighted by atomic mass is 10.1. The quantitative estimate of drug-likeness (QED) is 0.231. The predicted octanol–water partition coefficient (Wildman–Crippen LogP) is 5.60. The van der Waals surface area contributed by atoms with Gasteiger partial charge < -0.3 is 15.0 Å². The second kappa shape index (κ2) is 13.5. The van der Waals surface area contributed by atoms with Crippen molar-refractivity contribution in [1.82, 2.24) is 10.2 Å². The molecule has 0 aliphatic carbocycles. The summed E-state index contributed by atoms with van der Waals surface area (Å²) in [7, 11) is -2.65. The number of rotatable bonds is 11. The SMILES string of the molecule is CNC(=O)[C@H](C)N(Cc1ccc(Br)cc1)C(=O)CN(c1ccc(Oc2ccccc2)cc1)S(=O)(=O)c1ccccc1. The minimum atomic E-state index is -4.15. The molecule has 0 saturated heterocycles. The van der Waals surface area contributed by atoms with Crippen LogP contribution in [0.1, 0.15) is 12.5 Å². The molecule has 1 atom stereocenters. The Bertz CT molecular complexity index is 1570. The van der Waals surface area contributed by atoms with Crippen molar-refractivity contribution < 1.29 is 22.7 Å². The molecule has 0 bridgehead atoms. The highest BCUT2D eigenvalue weighted by Crippen LogP contribution is 2.28. The average molecular weight is 637 g/mol. The summed E-state index contributed by atoms with van der Waals surface area (Å²) in [6, 6.07) is 30.1. The molecule has 2 amide bonds. The van der Waals surface area contributed by atoms with Gasteiger partial charge in [0.15, 0.2) is 0 Å². The number of carbonyl (C=O) groups excluding carboxylic acids is 2. The summed E-state index contributed by atoms with van der Waals surface area (Å²) >= 11 is 3.40. The fourth-order valence-corrected chi connectivity index (χ4v) is 5.83. The molecule has 41 heavy (non-hydrogen) atoms. The minimum Gasteiger partial charge on any atom is -0.457 e. The van der Waals surface area contributed by atoms with Crippen molar-refractivity contribution in [2.75, 3.05) is 17.9 Å². The zero-order valence-corrected chi connectivity index (χ0v) is 25.0.